The van der Waals surface area contributed by atoms with Gasteiger partial charge in [-0.2, -0.15) is 0 Å². The lowest BCUT2D eigenvalue weighted by atomic mass is 9.78. The highest BCUT2D eigenvalue weighted by atomic mass is 35.5. The third-order valence-electron chi connectivity index (χ3n) is 5.66. The van der Waals surface area contributed by atoms with Crippen LogP contribution < -0.4 is 5.73 Å². The van der Waals surface area contributed by atoms with E-state index in [1.54, 1.807) is 0 Å². The van der Waals surface area contributed by atoms with E-state index in [-0.39, 0.29) is 36.1 Å². The number of carbonyl (C=O) groups is 1. The van der Waals surface area contributed by atoms with E-state index in [1.807, 2.05) is 0 Å². The van der Waals surface area contributed by atoms with E-state index in [2.05, 4.69) is 23.8 Å². The summed E-state index contributed by atoms with van der Waals surface area (Å²) >= 11 is 0. The Bertz CT molecular complexity index is 371. The largest absolute Gasteiger partial charge is 0.381 e. The van der Waals surface area contributed by atoms with Crippen molar-refractivity contribution in [1.82, 2.24) is 9.80 Å². The maximum absolute atomic E-state index is 13.0. The van der Waals surface area contributed by atoms with E-state index in [1.165, 1.54) is 19.4 Å². The van der Waals surface area contributed by atoms with Gasteiger partial charge in [-0.05, 0) is 51.6 Å². The lowest BCUT2D eigenvalue weighted by molar-refractivity contribution is -0.148. The number of unbranched alkanes of at least 4 members (excludes halogenated alkanes) is 1. The summed E-state index contributed by atoms with van der Waals surface area (Å²) in [6.07, 6.45) is 6.33. The molecule has 2 fully saturated rings. The summed E-state index contributed by atoms with van der Waals surface area (Å²) < 4.78 is 5.43. The van der Waals surface area contributed by atoms with Gasteiger partial charge in [0.25, 0.3) is 0 Å². The molecule has 0 aromatic heterocycles. The number of ether oxygens (including phenoxy) is 1. The Morgan fingerprint density at radius 1 is 1.24 bits per heavy atom. The fourth-order valence-corrected chi connectivity index (χ4v) is 3.88. The average molecular weight is 398 g/mol. The predicted octanol–water partition coefficient (Wildman–Crippen LogP) is 2.56. The van der Waals surface area contributed by atoms with Crippen molar-refractivity contribution >= 4 is 30.7 Å². The molecule has 2 aliphatic heterocycles. The zero-order valence-electron chi connectivity index (χ0n) is 15.9. The van der Waals surface area contributed by atoms with Gasteiger partial charge in [0.15, 0.2) is 0 Å². The Hall–Kier alpha value is -0.0700. The number of nitrogens with zero attached hydrogens (tertiary/aromatic N) is 2. The Morgan fingerprint density at radius 2 is 1.84 bits per heavy atom. The molecule has 0 unspecified atom stereocenters. The SMILES string of the molecule is CCCCN(C)CC1CCN(C(=O)C2(CN)CCOCC2)CC1.Cl.Cl. The smallest absolute Gasteiger partial charge is 0.230 e. The Kier molecular flexibility index (Phi) is 12.3. The van der Waals surface area contributed by atoms with Crippen molar-refractivity contribution in [2.45, 2.75) is 45.4 Å². The second-order valence-electron chi connectivity index (χ2n) is 7.45. The Morgan fingerprint density at radius 3 is 2.36 bits per heavy atom. The summed E-state index contributed by atoms with van der Waals surface area (Å²) in [6.45, 7) is 8.17. The first kappa shape index (κ1) is 24.9. The number of hydrogen-bond acceptors (Lipinski definition) is 4. The topological polar surface area (TPSA) is 58.8 Å². The minimum absolute atomic E-state index is 0. The number of hydrogen-bond donors (Lipinski definition) is 1. The fraction of sp³-hybridized carbons (Fsp3) is 0.944. The van der Waals surface area contributed by atoms with Crippen LogP contribution in [0, 0.1) is 11.3 Å². The molecule has 0 atom stereocenters. The number of nitrogens with two attached hydrogens (primary N) is 1. The molecule has 2 N–H and O–H groups in total. The standard InChI is InChI=1S/C18H35N3O2.2ClH/c1-3-4-9-20(2)14-16-5-10-21(11-6-16)17(22)18(15-19)7-12-23-13-8-18;;/h16H,3-15,19H2,1-2H3;2*1H. The number of halogens is 2. The molecule has 1 amide bonds. The van der Waals surface area contributed by atoms with Gasteiger partial charge in [0.2, 0.25) is 5.91 Å². The highest BCUT2D eigenvalue weighted by molar-refractivity contribution is 5.85. The molecule has 2 aliphatic rings. The number of likely N-dealkylation sites (tertiary alicyclic amines) is 1. The number of rotatable bonds is 7. The number of carbonyl (C=O) groups excluding carboxylic acids is 1. The molecule has 2 rings (SSSR count). The van der Waals surface area contributed by atoms with Gasteiger partial charge >= 0.3 is 0 Å². The zero-order valence-corrected chi connectivity index (χ0v) is 17.5. The van der Waals surface area contributed by atoms with Gasteiger partial charge in [-0.25, -0.2) is 0 Å². The third-order valence-corrected chi connectivity index (χ3v) is 5.66. The van der Waals surface area contributed by atoms with Crippen molar-refractivity contribution in [2.75, 3.05) is 53.0 Å². The van der Waals surface area contributed by atoms with Crippen molar-refractivity contribution < 1.29 is 9.53 Å². The molecule has 25 heavy (non-hydrogen) atoms. The van der Waals surface area contributed by atoms with E-state index in [0.717, 1.165) is 51.2 Å². The number of piperidine rings is 1. The van der Waals surface area contributed by atoms with E-state index >= 15 is 0 Å². The molecule has 0 radical (unpaired) electrons. The first-order valence-corrected chi connectivity index (χ1v) is 9.37. The zero-order chi connectivity index (χ0) is 16.7. The predicted molar refractivity (Wildman–Crippen MR) is 108 cm³/mol. The Balaban J connectivity index is 0.00000288. The summed E-state index contributed by atoms with van der Waals surface area (Å²) in [5, 5.41) is 0. The van der Waals surface area contributed by atoms with Gasteiger partial charge in [-0.3, -0.25) is 4.79 Å². The first-order valence-electron chi connectivity index (χ1n) is 9.37. The second kappa shape index (κ2) is 12.3. The molecule has 2 saturated heterocycles. The molecule has 5 nitrogen and oxygen atoms in total. The van der Waals surface area contributed by atoms with Crippen LogP contribution in [-0.2, 0) is 9.53 Å². The van der Waals surface area contributed by atoms with E-state index in [9.17, 15) is 4.79 Å². The Labute approximate surface area is 165 Å². The molecule has 0 bridgehead atoms. The van der Waals surface area contributed by atoms with Gasteiger partial charge in [-0.15, -0.1) is 24.8 Å². The van der Waals surface area contributed by atoms with Gasteiger partial charge in [0, 0.05) is 39.4 Å². The highest BCUT2D eigenvalue weighted by Gasteiger charge is 2.42. The summed E-state index contributed by atoms with van der Waals surface area (Å²) in [5.41, 5.74) is 5.62. The summed E-state index contributed by atoms with van der Waals surface area (Å²) in [6, 6.07) is 0. The van der Waals surface area contributed by atoms with Gasteiger partial charge < -0.3 is 20.3 Å². The molecular weight excluding hydrogens is 361 g/mol. The molecule has 2 heterocycles. The van der Waals surface area contributed by atoms with E-state index < -0.39 is 0 Å². The van der Waals surface area contributed by atoms with E-state index in [0.29, 0.717) is 19.8 Å². The molecule has 150 valence electrons. The third kappa shape index (κ3) is 6.87. The van der Waals surface area contributed by atoms with Crippen LogP contribution in [0.2, 0.25) is 0 Å². The molecule has 0 aliphatic carbocycles. The van der Waals surface area contributed by atoms with Crippen LogP contribution >= 0.6 is 24.8 Å². The quantitative estimate of drug-likeness (QED) is 0.716. The van der Waals surface area contributed by atoms with Crippen LogP contribution in [0.1, 0.15) is 45.4 Å². The first-order chi connectivity index (χ1) is 11.1. The maximum Gasteiger partial charge on any atom is 0.230 e. The van der Waals surface area contributed by atoms with E-state index in [4.69, 9.17) is 10.5 Å². The van der Waals surface area contributed by atoms with Crippen LogP contribution in [0.25, 0.3) is 0 Å². The van der Waals surface area contributed by atoms with Crippen LogP contribution in [0.15, 0.2) is 0 Å². The monoisotopic (exact) mass is 397 g/mol. The minimum atomic E-state index is -0.358. The summed E-state index contributed by atoms with van der Waals surface area (Å²) in [5.74, 6) is 1.01. The molecule has 0 spiro atoms. The average Bonchev–Trinajstić information content (AvgIpc) is 2.60. The molecule has 0 saturated carbocycles. The lowest BCUT2D eigenvalue weighted by Gasteiger charge is -2.42. The minimum Gasteiger partial charge on any atom is -0.381 e. The number of amides is 1. The van der Waals surface area contributed by atoms with Crippen molar-refractivity contribution in [3.63, 3.8) is 0 Å². The van der Waals surface area contributed by atoms with Crippen LogP contribution in [-0.4, -0.2) is 68.7 Å². The highest BCUT2D eigenvalue weighted by Crippen LogP contribution is 2.33. The molecule has 7 heteroatoms. The second-order valence-corrected chi connectivity index (χ2v) is 7.45. The van der Waals surface area contributed by atoms with Crippen molar-refractivity contribution in [2.24, 2.45) is 17.1 Å². The lowest BCUT2D eigenvalue weighted by Crippen LogP contribution is -2.53. The van der Waals surface area contributed by atoms with Gasteiger partial charge in [0.1, 0.15) is 0 Å². The van der Waals surface area contributed by atoms with Crippen molar-refractivity contribution in [3.05, 3.63) is 0 Å². The van der Waals surface area contributed by atoms with Crippen molar-refractivity contribution in [1.29, 1.82) is 0 Å². The summed E-state index contributed by atoms with van der Waals surface area (Å²) in [7, 11) is 2.22. The fourth-order valence-electron chi connectivity index (χ4n) is 3.88. The van der Waals surface area contributed by atoms with Crippen LogP contribution in [0.5, 0.6) is 0 Å². The molecule has 0 aromatic rings. The molecule has 0 aromatic carbocycles. The van der Waals surface area contributed by atoms with Gasteiger partial charge in [-0.1, -0.05) is 13.3 Å². The van der Waals surface area contributed by atoms with Crippen LogP contribution in [0.3, 0.4) is 0 Å². The van der Waals surface area contributed by atoms with Crippen molar-refractivity contribution in [3.8, 4) is 0 Å². The normalized spacial score (nSPS) is 20.7. The summed E-state index contributed by atoms with van der Waals surface area (Å²) in [4.78, 5) is 17.5. The van der Waals surface area contributed by atoms with Crippen LogP contribution in [0.4, 0.5) is 0 Å². The van der Waals surface area contributed by atoms with Gasteiger partial charge in [0.05, 0.1) is 5.41 Å². The maximum atomic E-state index is 13.0. The molecular formula is C18H37Cl2N3O2.